The molecule has 6 heteroatoms. The molecule has 5 nitrogen and oxygen atoms in total. The maximum atomic E-state index is 12.7. The monoisotopic (exact) mass is 322 g/mol. The van der Waals surface area contributed by atoms with Crippen LogP contribution in [0.3, 0.4) is 0 Å². The van der Waals surface area contributed by atoms with Crippen molar-refractivity contribution in [3.05, 3.63) is 34.3 Å². The second-order valence-corrected chi connectivity index (χ2v) is 6.40. The third-order valence-electron chi connectivity index (χ3n) is 4.53. The molecular formula is C16H19ClN2O3. The molecule has 0 aliphatic carbocycles. The van der Waals surface area contributed by atoms with E-state index in [2.05, 4.69) is 0 Å². The lowest BCUT2D eigenvalue weighted by Gasteiger charge is -2.38. The van der Waals surface area contributed by atoms with Gasteiger partial charge in [-0.15, -0.1) is 0 Å². The summed E-state index contributed by atoms with van der Waals surface area (Å²) < 4.78 is 0. The van der Waals surface area contributed by atoms with Gasteiger partial charge < -0.3 is 14.9 Å². The molecule has 0 spiro atoms. The summed E-state index contributed by atoms with van der Waals surface area (Å²) in [6.07, 6.45) is 2.12. The van der Waals surface area contributed by atoms with Gasteiger partial charge in [-0.1, -0.05) is 17.7 Å². The van der Waals surface area contributed by atoms with Crippen molar-refractivity contribution in [1.29, 1.82) is 0 Å². The van der Waals surface area contributed by atoms with Crippen molar-refractivity contribution < 1.29 is 14.7 Å². The Labute approximate surface area is 134 Å². The van der Waals surface area contributed by atoms with E-state index >= 15 is 0 Å². The number of hydrogen-bond acceptors (Lipinski definition) is 3. The SMILES string of the molecule is O=CN1Cc2ccc(Cl)cc2C[C@@H]1C(=O)N1CCC(O)CC1. The summed E-state index contributed by atoms with van der Waals surface area (Å²) in [5.41, 5.74) is 2.07. The Bertz CT molecular complexity index is 585. The van der Waals surface area contributed by atoms with Gasteiger partial charge in [0.15, 0.2) is 0 Å². The van der Waals surface area contributed by atoms with Gasteiger partial charge in [0.2, 0.25) is 12.3 Å². The van der Waals surface area contributed by atoms with E-state index in [1.807, 2.05) is 12.1 Å². The highest BCUT2D eigenvalue weighted by Crippen LogP contribution is 2.26. The van der Waals surface area contributed by atoms with Crippen molar-refractivity contribution in [2.24, 2.45) is 0 Å². The molecule has 1 atom stereocenters. The van der Waals surface area contributed by atoms with E-state index in [0.29, 0.717) is 43.9 Å². The summed E-state index contributed by atoms with van der Waals surface area (Å²) in [6.45, 7) is 1.53. The average molecular weight is 323 g/mol. The predicted molar refractivity (Wildman–Crippen MR) is 82.4 cm³/mol. The van der Waals surface area contributed by atoms with Gasteiger partial charge in [0.1, 0.15) is 6.04 Å². The maximum Gasteiger partial charge on any atom is 0.245 e. The standard InChI is InChI=1S/C16H19ClN2O3/c17-13-2-1-11-9-19(10-20)15(8-12(11)7-13)16(22)18-5-3-14(21)4-6-18/h1-2,7,10,14-15,21H,3-6,8-9H2/t15-/m1/s1. The van der Waals surface area contributed by atoms with Gasteiger partial charge in [-0.25, -0.2) is 0 Å². The molecule has 0 radical (unpaired) electrons. The molecule has 0 saturated carbocycles. The number of fused-ring (bicyclic) bond motifs is 1. The fraction of sp³-hybridized carbons (Fsp3) is 0.500. The number of aliphatic hydroxyl groups is 1. The van der Waals surface area contributed by atoms with Crippen molar-refractivity contribution >= 4 is 23.9 Å². The van der Waals surface area contributed by atoms with Crippen LogP contribution in [0.5, 0.6) is 0 Å². The van der Waals surface area contributed by atoms with Gasteiger partial charge >= 0.3 is 0 Å². The Morgan fingerprint density at radius 3 is 2.68 bits per heavy atom. The van der Waals surface area contributed by atoms with Crippen LogP contribution in [-0.2, 0) is 22.6 Å². The van der Waals surface area contributed by atoms with E-state index < -0.39 is 6.04 Å². The highest BCUT2D eigenvalue weighted by atomic mass is 35.5. The second-order valence-electron chi connectivity index (χ2n) is 5.97. The van der Waals surface area contributed by atoms with Gasteiger partial charge in [0.05, 0.1) is 6.10 Å². The number of piperidine rings is 1. The summed E-state index contributed by atoms with van der Waals surface area (Å²) in [4.78, 5) is 27.4. The van der Waals surface area contributed by atoms with Gasteiger partial charge in [0, 0.05) is 31.1 Å². The number of carbonyl (C=O) groups is 2. The van der Waals surface area contributed by atoms with Crippen molar-refractivity contribution in [3.63, 3.8) is 0 Å². The second kappa shape index (κ2) is 6.26. The van der Waals surface area contributed by atoms with Gasteiger partial charge in [-0.2, -0.15) is 0 Å². The molecule has 0 bridgehead atoms. The Kier molecular flexibility index (Phi) is 4.36. The first-order valence-corrected chi connectivity index (χ1v) is 7.91. The zero-order valence-corrected chi connectivity index (χ0v) is 13.0. The Balaban J connectivity index is 1.80. The molecule has 3 rings (SSSR count). The molecule has 0 unspecified atom stereocenters. The van der Waals surface area contributed by atoms with E-state index in [-0.39, 0.29) is 12.0 Å². The van der Waals surface area contributed by atoms with Crippen LogP contribution in [-0.4, -0.2) is 52.5 Å². The third-order valence-corrected chi connectivity index (χ3v) is 4.77. The fourth-order valence-electron chi connectivity index (χ4n) is 3.21. The van der Waals surface area contributed by atoms with E-state index in [9.17, 15) is 14.7 Å². The molecule has 118 valence electrons. The lowest BCUT2D eigenvalue weighted by Crippen LogP contribution is -2.53. The minimum atomic E-state index is -0.473. The molecule has 2 heterocycles. The number of nitrogens with zero attached hydrogens (tertiary/aromatic N) is 2. The Hall–Kier alpha value is -1.59. The molecule has 1 aromatic rings. The van der Waals surface area contributed by atoms with Crippen molar-refractivity contribution in [3.8, 4) is 0 Å². The average Bonchev–Trinajstić information content (AvgIpc) is 2.53. The lowest BCUT2D eigenvalue weighted by molar-refractivity contribution is -0.143. The third kappa shape index (κ3) is 2.96. The number of halogens is 1. The predicted octanol–water partition coefficient (Wildman–Crippen LogP) is 1.21. The number of amides is 2. The van der Waals surface area contributed by atoms with Gasteiger partial charge in [-0.3, -0.25) is 9.59 Å². The molecule has 1 saturated heterocycles. The van der Waals surface area contributed by atoms with Crippen LogP contribution in [0.2, 0.25) is 5.02 Å². The molecule has 0 aromatic heterocycles. The fourth-order valence-corrected chi connectivity index (χ4v) is 3.40. The van der Waals surface area contributed by atoms with Crippen molar-refractivity contribution in [2.75, 3.05) is 13.1 Å². The first-order chi connectivity index (χ1) is 10.6. The molecule has 22 heavy (non-hydrogen) atoms. The smallest absolute Gasteiger partial charge is 0.245 e. The number of rotatable bonds is 2. The molecular weight excluding hydrogens is 304 g/mol. The zero-order valence-electron chi connectivity index (χ0n) is 12.2. The van der Waals surface area contributed by atoms with Crippen molar-refractivity contribution in [2.45, 2.75) is 38.0 Å². The molecule has 2 amide bonds. The molecule has 2 aliphatic rings. The minimum absolute atomic E-state index is 0.0374. The highest BCUT2D eigenvalue weighted by Gasteiger charge is 2.34. The first kappa shape index (κ1) is 15.3. The van der Waals surface area contributed by atoms with Crippen LogP contribution in [0.15, 0.2) is 18.2 Å². The van der Waals surface area contributed by atoms with Crippen LogP contribution < -0.4 is 0 Å². The Morgan fingerprint density at radius 1 is 1.27 bits per heavy atom. The van der Waals surface area contributed by atoms with Crippen LogP contribution in [0, 0.1) is 0 Å². The molecule has 2 aliphatic heterocycles. The molecule has 1 aromatic carbocycles. The summed E-state index contributed by atoms with van der Waals surface area (Å²) in [5.74, 6) is -0.0374. The van der Waals surface area contributed by atoms with Crippen LogP contribution in [0.25, 0.3) is 0 Å². The summed E-state index contributed by atoms with van der Waals surface area (Å²) in [5, 5.41) is 10.2. The normalized spacial score (nSPS) is 22.4. The number of carbonyl (C=O) groups excluding carboxylic acids is 2. The summed E-state index contributed by atoms with van der Waals surface area (Å²) in [6, 6.07) is 5.11. The van der Waals surface area contributed by atoms with Gasteiger partial charge in [0.25, 0.3) is 0 Å². The maximum absolute atomic E-state index is 12.7. The molecule has 1 fully saturated rings. The Morgan fingerprint density at radius 2 is 2.00 bits per heavy atom. The zero-order chi connectivity index (χ0) is 15.7. The van der Waals surface area contributed by atoms with Crippen LogP contribution in [0.4, 0.5) is 0 Å². The van der Waals surface area contributed by atoms with E-state index in [4.69, 9.17) is 11.6 Å². The number of likely N-dealkylation sites (tertiary alicyclic amines) is 1. The number of aliphatic hydroxyl groups excluding tert-OH is 1. The van der Waals surface area contributed by atoms with E-state index in [1.165, 1.54) is 0 Å². The molecule has 1 N–H and O–H groups in total. The highest BCUT2D eigenvalue weighted by molar-refractivity contribution is 6.30. The number of benzene rings is 1. The van der Waals surface area contributed by atoms with Crippen LogP contribution in [0.1, 0.15) is 24.0 Å². The number of hydrogen-bond donors (Lipinski definition) is 1. The van der Waals surface area contributed by atoms with Crippen LogP contribution >= 0.6 is 11.6 Å². The van der Waals surface area contributed by atoms with Crippen molar-refractivity contribution in [1.82, 2.24) is 9.80 Å². The topological polar surface area (TPSA) is 60.9 Å². The minimum Gasteiger partial charge on any atom is -0.393 e. The summed E-state index contributed by atoms with van der Waals surface area (Å²) in [7, 11) is 0. The van der Waals surface area contributed by atoms with E-state index in [0.717, 1.165) is 17.5 Å². The first-order valence-electron chi connectivity index (χ1n) is 7.53. The van der Waals surface area contributed by atoms with Gasteiger partial charge in [-0.05, 0) is 36.1 Å². The quantitative estimate of drug-likeness (QED) is 0.833. The summed E-state index contributed by atoms with van der Waals surface area (Å²) >= 11 is 6.03. The largest absolute Gasteiger partial charge is 0.393 e. The van der Waals surface area contributed by atoms with E-state index in [1.54, 1.807) is 15.9 Å². The lowest BCUT2D eigenvalue weighted by atomic mass is 9.93.